The summed E-state index contributed by atoms with van der Waals surface area (Å²) in [4.78, 5) is 4.02. The highest BCUT2D eigenvalue weighted by atomic mass is 16.5. The van der Waals surface area contributed by atoms with Crippen LogP contribution in [0.2, 0.25) is 0 Å². The van der Waals surface area contributed by atoms with Crippen LogP contribution in [0.3, 0.4) is 0 Å². The maximum absolute atomic E-state index is 8.85. The standard InChI is InChI=1S/C13H10N2O/c14-9-12-7-4-8-15-13(12)16-10-11-5-2-1-3-6-11/h1-8H,10H2. The number of rotatable bonds is 3. The molecule has 0 radical (unpaired) electrons. The zero-order valence-electron chi connectivity index (χ0n) is 8.63. The molecular formula is C13H10N2O. The first-order chi connectivity index (χ1) is 7.90. The second kappa shape index (κ2) is 4.94. The van der Waals surface area contributed by atoms with Gasteiger partial charge < -0.3 is 4.74 Å². The molecule has 3 nitrogen and oxygen atoms in total. The summed E-state index contributed by atoms with van der Waals surface area (Å²) in [6.45, 7) is 0.423. The third-order valence-corrected chi connectivity index (χ3v) is 2.11. The van der Waals surface area contributed by atoms with Crippen LogP contribution in [0.4, 0.5) is 0 Å². The van der Waals surface area contributed by atoms with Crippen LogP contribution in [-0.2, 0) is 6.61 Å². The Bertz CT molecular complexity index is 503. The SMILES string of the molecule is N#Cc1cccnc1OCc1ccccc1. The van der Waals surface area contributed by atoms with Gasteiger partial charge in [0, 0.05) is 6.20 Å². The van der Waals surface area contributed by atoms with Crippen LogP contribution < -0.4 is 4.74 Å². The summed E-state index contributed by atoms with van der Waals surface area (Å²) in [5.41, 5.74) is 1.51. The van der Waals surface area contributed by atoms with Gasteiger partial charge in [0.25, 0.3) is 0 Å². The fourth-order valence-electron chi connectivity index (χ4n) is 1.32. The summed E-state index contributed by atoms with van der Waals surface area (Å²) in [5.74, 6) is 0.383. The third kappa shape index (κ3) is 2.37. The number of hydrogen-bond donors (Lipinski definition) is 0. The molecule has 0 fully saturated rings. The monoisotopic (exact) mass is 210 g/mol. The van der Waals surface area contributed by atoms with Crippen molar-refractivity contribution in [3.8, 4) is 11.9 Å². The summed E-state index contributed by atoms with van der Waals surface area (Å²) in [6.07, 6.45) is 1.61. The van der Waals surface area contributed by atoms with E-state index in [2.05, 4.69) is 4.98 Å². The Morgan fingerprint density at radius 1 is 1.12 bits per heavy atom. The Kier molecular flexibility index (Phi) is 3.15. The molecule has 1 aromatic heterocycles. The van der Waals surface area contributed by atoms with Gasteiger partial charge in [-0.05, 0) is 17.7 Å². The lowest BCUT2D eigenvalue weighted by atomic mass is 10.2. The molecular weight excluding hydrogens is 200 g/mol. The van der Waals surface area contributed by atoms with Crippen LogP contribution in [0.5, 0.6) is 5.88 Å². The van der Waals surface area contributed by atoms with E-state index in [9.17, 15) is 0 Å². The molecule has 2 aromatic rings. The maximum Gasteiger partial charge on any atom is 0.231 e. The zero-order valence-corrected chi connectivity index (χ0v) is 8.63. The van der Waals surface area contributed by atoms with E-state index in [-0.39, 0.29) is 0 Å². The minimum atomic E-state index is 0.383. The molecule has 3 heteroatoms. The number of nitriles is 1. The highest BCUT2D eigenvalue weighted by Gasteiger charge is 2.03. The average molecular weight is 210 g/mol. The molecule has 2 rings (SSSR count). The normalized spacial score (nSPS) is 9.44. The van der Waals surface area contributed by atoms with Crippen molar-refractivity contribution in [3.63, 3.8) is 0 Å². The molecule has 78 valence electrons. The molecule has 0 aliphatic rings. The van der Waals surface area contributed by atoms with E-state index < -0.39 is 0 Å². The summed E-state index contributed by atoms with van der Waals surface area (Å²) < 4.78 is 5.48. The molecule has 0 unspecified atom stereocenters. The van der Waals surface area contributed by atoms with Crippen molar-refractivity contribution in [2.45, 2.75) is 6.61 Å². The molecule has 0 saturated carbocycles. The smallest absolute Gasteiger partial charge is 0.231 e. The van der Waals surface area contributed by atoms with E-state index in [1.54, 1.807) is 18.3 Å². The number of pyridine rings is 1. The van der Waals surface area contributed by atoms with Gasteiger partial charge in [0.1, 0.15) is 18.2 Å². The predicted octanol–water partition coefficient (Wildman–Crippen LogP) is 2.53. The highest BCUT2D eigenvalue weighted by molar-refractivity contribution is 5.37. The topological polar surface area (TPSA) is 45.9 Å². The second-order valence-electron chi connectivity index (χ2n) is 3.24. The van der Waals surface area contributed by atoms with Crippen molar-refractivity contribution in [3.05, 3.63) is 59.8 Å². The maximum atomic E-state index is 8.85. The van der Waals surface area contributed by atoms with Gasteiger partial charge in [-0.1, -0.05) is 30.3 Å². The summed E-state index contributed by atoms with van der Waals surface area (Å²) in [5, 5.41) is 8.85. The molecule has 0 bridgehead atoms. The zero-order chi connectivity index (χ0) is 11.2. The number of aromatic nitrogens is 1. The lowest BCUT2D eigenvalue weighted by Crippen LogP contribution is -1.98. The first kappa shape index (κ1) is 10.2. The van der Waals surface area contributed by atoms with Crippen LogP contribution in [0.15, 0.2) is 48.7 Å². The van der Waals surface area contributed by atoms with E-state index in [1.807, 2.05) is 36.4 Å². The van der Waals surface area contributed by atoms with Crippen LogP contribution in [-0.4, -0.2) is 4.98 Å². The highest BCUT2D eigenvalue weighted by Crippen LogP contribution is 2.14. The van der Waals surface area contributed by atoms with E-state index in [1.165, 1.54) is 0 Å². The lowest BCUT2D eigenvalue weighted by molar-refractivity contribution is 0.293. The second-order valence-corrected chi connectivity index (χ2v) is 3.24. The van der Waals surface area contributed by atoms with Gasteiger partial charge in [-0.15, -0.1) is 0 Å². The molecule has 0 atom stereocenters. The largest absolute Gasteiger partial charge is 0.472 e. The van der Waals surface area contributed by atoms with E-state index >= 15 is 0 Å². The van der Waals surface area contributed by atoms with Crippen molar-refractivity contribution in [2.75, 3.05) is 0 Å². The van der Waals surface area contributed by atoms with Gasteiger partial charge >= 0.3 is 0 Å². The van der Waals surface area contributed by atoms with Crippen LogP contribution >= 0.6 is 0 Å². The van der Waals surface area contributed by atoms with Gasteiger partial charge in [-0.2, -0.15) is 5.26 Å². The fraction of sp³-hybridized carbons (Fsp3) is 0.0769. The average Bonchev–Trinajstić information content (AvgIpc) is 2.38. The molecule has 0 aliphatic carbocycles. The Labute approximate surface area is 93.9 Å². The van der Waals surface area contributed by atoms with Crippen molar-refractivity contribution in [1.82, 2.24) is 4.98 Å². The van der Waals surface area contributed by atoms with Crippen molar-refractivity contribution in [1.29, 1.82) is 5.26 Å². The van der Waals surface area contributed by atoms with E-state index in [4.69, 9.17) is 10.00 Å². The van der Waals surface area contributed by atoms with Crippen LogP contribution in [0, 0.1) is 11.3 Å². The van der Waals surface area contributed by atoms with Crippen LogP contribution in [0.1, 0.15) is 11.1 Å². The minimum absolute atomic E-state index is 0.383. The van der Waals surface area contributed by atoms with Crippen molar-refractivity contribution in [2.24, 2.45) is 0 Å². The van der Waals surface area contributed by atoms with E-state index in [0.717, 1.165) is 5.56 Å². The lowest BCUT2D eigenvalue weighted by Gasteiger charge is -2.05. The summed E-state index contributed by atoms with van der Waals surface area (Å²) in [6, 6.07) is 15.2. The molecule has 0 aliphatic heterocycles. The van der Waals surface area contributed by atoms with Crippen molar-refractivity contribution < 1.29 is 4.74 Å². The van der Waals surface area contributed by atoms with E-state index in [0.29, 0.717) is 18.1 Å². The molecule has 0 saturated heterocycles. The number of nitrogens with zero attached hydrogens (tertiary/aromatic N) is 2. The molecule has 16 heavy (non-hydrogen) atoms. The van der Waals surface area contributed by atoms with Gasteiger partial charge in [-0.25, -0.2) is 4.98 Å². The first-order valence-electron chi connectivity index (χ1n) is 4.92. The van der Waals surface area contributed by atoms with Gasteiger partial charge in [0.2, 0.25) is 5.88 Å². The predicted molar refractivity (Wildman–Crippen MR) is 59.7 cm³/mol. The fourth-order valence-corrected chi connectivity index (χ4v) is 1.32. The minimum Gasteiger partial charge on any atom is -0.472 e. The van der Waals surface area contributed by atoms with Crippen molar-refractivity contribution >= 4 is 0 Å². The molecule has 1 heterocycles. The molecule has 1 aromatic carbocycles. The Hall–Kier alpha value is -2.34. The van der Waals surface area contributed by atoms with Gasteiger partial charge in [0.05, 0.1) is 0 Å². The number of hydrogen-bond acceptors (Lipinski definition) is 3. The number of ether oxygens (including phenoxy) is 1. The number of benzene rings is 1. The third-order valence-electron chi connectivity index (χ3n) is 2.11. The van der Waals surface area contributed by atoms with Gasteiger partial charge in [0.15, 0.2) is 0 Å². The van der Waals surface area contributed by atoms with Crippen LogP contribution in [0.25, 0.3) is 0 Å². The molecule has 0 N–H and O–H groups in total. The Balaban J connectivity index is 2.09. The molecule has 0 amide bonds. The summed E-state index contributed by atoms with van der Waals surface area (Å²) in [7, 11) is 0. The Morgan fingerprint density at radius 3 is 2.69 bits per heavy atom. The quantitative estimate of drug-likeness (QED) is 0.782. The van der Waals surface area contributed by atoms with Gasteiger partial charge in [-0.3, -0.25) is 0 Å². The molecule has 0 spiro atoms. The Morgan fingerprint density at radius 2 is 1.94 bits per heavy atom. The summed E-state index contributed by atoms with van der Waals surface area (Å²) >= 11 is 0. The first-order valence-corrected chi connectivity index (χ1v) is 4.92.